The molecule has 1 heterocycles. The third kappa shape index (κ3) is 9.60. The molecule has 0 fully saturated rings. The molecule has 0 aliphatic carbocycles. The van der Waals surface area contributed by atoms with E-state index in [0.717, 1.165) is 0 Å². The summed E-state index contributed by atoms with van der Waals surface area (Å²) >= 11 is 0. The van der Waals surface area contributed by atoms with Crippen molar-refractivity contribution in [3.8, 4) is 11.5 Å². The van der Waals surface area contributed by atoms with E-state index in [0.29, 0.717) is 64.5 Å². The summed E-state index contributed by atoms with van der Waals surface area (Å²) in [6.45, 7) is 4.17. The lowest BCUT2D eigenvalue weighted by molar-refractivity contribution is -0.213. The molecule has 47 heavy (non-hydrogen) atoms. The number of pyridine rings is 1. The van der Waals surface area contributed by atoms with Gasteiger partial charge in [-0.15, -0.1) is 0 Å². The minimum Gasteiger partial charge on any atom is -0.490 e. The summed E-state index contributed by atoms with van der Waals surface area (Å²) < 4.78 is 95.6. The molecule has 0 radical (unpaired) electrons. The van der Waals surface area contributed by atoms with Gasteiger partial charge in [-0.2, -0.15) is 26.3 Å². The van der Waals surface area contributed by atoms with E-state index < -0.39 is 49.5 Å². The standard InChI is InChI=1S/C30H32F6N4O7/c1-4-18-16(12-38-13-17(47-28(43)30(34,35)36)15-46-27(42)29(31,32)33)8-7-9-21(18)40-25-19-10-23(44-5-2)24(45-6-3)11-22(19)39-14-20(25)26(37)41/h7-11,14,17,38H,4-6,12-13,15H2,1-3H3,(H2,37,41)(H,39,40). The van der Waals surface area contributed by atoms with Gasteiger partial charge in [-0.1, -0.05) is 19.1 Å². The van der Waals surface area contributed by atoms with E-state index in [4.69, 9.17) is 15.2 Å². The van der Waals surface area contributed by atoms with Crippen LogP contribution in [0.3, 0.4) is 0 Å². The van der Waals surface area contributed by atoms with Crippen LogP contribution in [0.5, 0.6) is 11.5 Å². The van der Waals surface area contributed by atoms with E-state index >= 15 is 0 Å². The van der Waals surface area contributed by atoms with Crippen LogP contribution in [0.4, 0.5) is 37.7 Å². The molecule has 0 spiro atoms. The lowest BCUT2D eigenvalue weighted by Crippen LogP contribution is -2.40. The Labute approximate surface area is 264 Å². The maximum atomic E-state index is 12.8. The zero-order valence-corrected chi connectivity index (χ0v) is 25.4. The summed E-state index contributed by atoms with van der Waals surface area (Å²) in [7, 11) is 0. The fourth-order valence-corrected chi connectivity index (χ4v) is 4.50. The predicted octanol–water partition coefficient (Wildman–Crippen LogP) is 5.11. The second-order valence-electron chi connectivity index (χ2n) is 9.77. The summed E-state index contributed by atoms with van der Waals surface area (Å²) in [6.07, 6.45) is -11.0. The number of anilines is 2. The molecule has 4 N–H and O–H groups in total. The lowest BCUT2D eigenvalue weighted by atomic mass is 10.0. The molecule has 3 rings (SSSR count). The van der Waals surface area contributed by atoms with Gasteiger partial charge in [0.2, 0.25) is 0 Å². The molecule has 1 amide bonds. The minimum atomic E-state index is -5.43. The van der Waals surface area contributed by atoms with Gasteiger partial charge in [0.1, 0.15) is 12.7 Å². The predicted molar refractivity (Wildman–Crippen MR) is 156 cm³/mol. The first-order valence-electron chi connectivity index (χ1n) is 14.2. The molecule has 0 bridgehead atoms. The molecule has 0 aliphatic heterocycles. The van der Waals surface area contributed by atoms with Crippen LogP contribution < -0.4 is 25.8 Å². The number of rotatable bonds is 15. The number of aromatic nitrogens is 1. The quantitative estimate of drug-likeness (QED) is 0.147. The van der Waals surface area contributed by atoms with Crippen molar-refractivity contribution < 1.29 is 59.7 Å². The summed E-state index contributed by atoms with van der Waals surface area (Å²) in [5, 5.41) is 6.46. The number of fused-ring (bicyclic) bond motifs is 1. The number of ether oxygens (including phenoxy) is 4. The molecule has 1 atom stereocenters. The normalized spacial score (nSPS) is 12.4. The first-order valence-corrected chi connectivity index (χ1v) is 14.2. The second kappa shape index (κ2) is 15.7. The van der Waals surface area contributed by atoms with Gasteiger partial charge in [-0.3, -0.25) is 9.78 Å². The van der Waals surface area contributed by atoms with Crippen LogP contribution >= 0.6 is 0 Å². The maximum absolute atomic E-state index is 12.8. The van der Waals surface area contributed by atoms with Gasteiger partial charge in [0.05, 0.1) is 30.0 Å². The maximum Gasteiger partial charge on any atom is 0.490 e. The monoisotopic (exact) mass is 674 g/mol. The van der Waals surface area contributed by atoms with Crippen molar-refractivity contribution in [2.24, 2.45) is 5.73 Å². The van der Waals surface area contributed by atoms with Crippen molar-refractivity contribution in [3.05, 3.63) is 53.2 Å². The van der Waals surface area contributed by atoms with Crippen LogP contribution in [0.1, 0.15) is 42.3 Å². The molecule has 0 aliphatic rings. The zero-order valence-electron chi connectivity index (χ0n) is 25.4. The van der Waals surface area contributed by atoms with Crippen molar-refractivity contribution in [3.63, 3.8) is 0 Å². The highest BCUT2D eigenvalue weighted by molar-refractivity contribution is 6.08. The summed E-state index contributed by atoms with van der Waals surface area (Å²) in [5.41, 5.74) is 8.32. The number of alkyl halides is 6. The van der Waals surface area contributed by atoms with Gasteiger partial charge in [0.15, 0.2) is 11.5 Å². The number of benzene rings is 2. The number of carbonyl (C=O) groups is 3. The number of amides is 1. The Morgan fingerprint density at radius 1 is 0.936 bits per heavy atom. The van der Waals surface area contributed by atoms with E-state index in [9.17, 15) is 40.7 Å². The van der Waals surface area contributed by atoms with Crippen molar-refractivity contribution in [2.45, 2.75) is 52.2 Å². The number of nitrogens with two attached hydrogens (primary N) is 1. The van der Waals surface area contributed by atoms with Crippen LogP contribution in [0, 0.1) is 0 Å². The Morgan fingerprint density at radius 2 is 1.57 bits per heavy atom. The number of carbonyl (C=O) groups excluding carboxylic acids is 3. The lowest BCUT2D eigenvalue weighted by Gasteiger charge is -2.21. The molecular formula is C30H32F6N4O7. The van der Waals surface area contributed by atoms with Gasteiger partial charge in [-0.05, 0) is 43.5 Å². The summed E-state index contributed by atoms with van der Waals surface area (Å²) in [6, 6.07) is 8.36. The van der Waals surface area contributed by atoms with Crippen LogP contribution in [-0.2, 0) is 32.0 Å². The van der Waals surface area contributed by atoms with Crippen molar-refractivity contribution >= 4 is 40.1 Å². The number of primary amides is 1. The van der Waals surface area contributed by atoms with E-state index in [1.807, 2.05) is 13.8 Å². The van der Waals surface area contributed by atoms with Crippen molar-refractivity contribution in [1.29, 1.82) is 0 Å². The summed E-state index contributed by atoms with van der Waals surface area (Å²) in [5.74, 6) is -5.23. The minimum absolute atomic E-state index is 0.0576. The molecule has 0 saturated carbocycles. The largest absolute Gasteiger partial charge is 0.490 e. The van der Waals surface area contributed by atoms with Gasteiger partial charge in [0, 0.05) is 36.4 Å². The van der Waals surface area contributed by atoms with Gasteiger partial charge >= 0.3 is 24.3 Å². The van der Waals surface area contributed by atoms with Crippen LogP contribution in [0.25, 0.3) is 10.9 Å². The van der Waals surface area contributed by atoms with Crippen LogP contribution in [-0.4, -0.2) is 67.7 Å². The number of halogens is 6. The van der Waals surface area contributed by atoms with Gasteiger partial charge in [-0.25, -0.2) is 9.59 Å². The molecule has 1 unspecified atom stereocenters. The highest BCUT2D eigenvalue weighted by atomic mass is 19.4. The second-order valence-corrected chi connectivity index (χ2v) is 9.77. The Balaban J connectivity index is 1.91. The fraction of sp³-hybridized carbons (Fsp3) is 0.400. The Bertz CT molecular complexity index is 1600. The first-order chi connectivity index (χ1) is 22.1. The fourth-order valence-electron chi connectivity index (χ4n) is 4.50. The van der Waals surface area contributed by atoms with Crippen molar-refractivity contribution in [1.82, 2.24) is 10.3 Å². The number of esters is 2. The Hall–Kier alpha value is -4.80. The van der Waals surface area contributed by atoms with Crippen molar-refractivity contribution in [2.75, 3.05) is 31.7 Å². The highest BCUT2D eigenvalue weighted by Crippen LogP contribution is 2.38. The number of nitrogens with one attached hydrogen (secondary N) is 2. The number of hydrogen-bond donors (Lipinski definition) is 3. The van der Waals surface area contributed by atoms with Crippen LogP contribution in [0.15, 0.2) is 36.5 Å². The molecule has 17 heteroatoms. The average Bonchev–Trinajstić information content (AvgIpc) is 2.99. The zero-order chi connectivity index (χ0) is 34.9. The number of nitrogens with zero attached hydrogens (tertiary/aromatic N) is 1. The Morgan fingerprint density at radius 3 is 2.15 bits per heavy atom. The van der Waals surface area contributed by atoms with Gasteiger partial charge in [0.25, 0.3) is 5.91 Å². The third-order valence-electron chi connectivity index (χ3n) is 6.51. The number of hydrogen-bond acceptors (Lipinski definition) is 10. The third-order valence-corrected chi connectivity index (χ3v) is 6.51. The molecule has 1 aromatic heterocycles. The molecule has 11 nitrogen and oxygen atoms in total. The van der Waals surface area contributed by atoms with E-state index in [-0.39, 0.29) is 12.1 Å². The molecular weight excluding hydrogens is 642 g/mol. The van der Waals surface area contributed by atoms with Crippen LogP contribution in [0.2, 0.25) is 0 Å². The topological polar surface area (TPSA) is 151 Å². The molecule has 0 saturated heterocycles. The molecule has 256 valence electrons. The smallest absolute Gasteiger partial charge is 0.490 e. The molecule has 2 aromatic carbocycles. The first kappa shape index (κ1) is 36.7. The van der Waals surface area contributed by atoms with E-state index in [2.05, 4.69) is 25.1 Å². The van der Waals surface area contributed by atoms with Gasteiger partial charge < -0.3 is 35.3 Å². The average molecular weight is 675 g/mol. The molecule has 3 aromatic rings. The van der Waals surface area contributed by atoms with E-state index in [1.165, 1.54) is 6.20 Å². The summed E-state index contributed by atoms with van der Waals surface area (Å²) in [4.78, 5) is 39.2. The highest BCUT2D eigenvalue weighted by Gasteiger charge is 2.44. The Kier molecular flexibility index (Phi) is 12.2. The SMILES string of the molecule is CCOc1cc2ncc(C(N)=O)c(Nc3cccc(CNCC(COC(=O)C(F)(F)F)OC(=O)C(F)(F)F)c3CC)c2cc1OCC. The van der Waals surface area contributed by atoms with E-state index in [1.54, 1.807) is 37.3 Å².